The minimum Gasteiger partial charge on any atom is -0.365 e. The molecule has 0 aliphatic rings. The molecule has 0 spiro atoms. The molecular weight excluding hydrogens is 230 g/mol. The average molecular weight is 255 g/mol. The number of hydrogen-bond acceptors (Lipinski definition) is 3. The lowest BCUT2D eigenvalue weighted by Crippen LogP contribution is -2.35. The van der Waals surface area contributed by atoms with Gasteiger partial charge in [-0.3, -0.25) is 0 Å². The van der Waals surface area contributed by atoms with Crippen molar-refractivity contribution in [3.63, 3.8) is 0 Å². The van der Waals surface area contributed by atoms with Crippen LogP contribution in [0.5, 0.6) is 0 Å². The molecule has 2 N–H and O–H groups in total. The Morgan fingerprint density at radius 3 is 2.41 bits per heavy atom. The molecule has 98 valence electrons. The highest BCUT2D eigenvalue weighted by atomic mass is 32.1. The topological polar surface area (TPSA) is 35.2 Å². The maximum absolute atomic E-state index is 6.22. The summed E-state index contributed by atoms with van der Waals surface area (Å²) in [4.78, 5) is 2.56. The highest BCUT2D eigenvalue weighted by molar-refractivity contribution is 7.12. The van der Waals surface area contributed by atoms with E-state index in [1.165, 1.54) is 9.75 Å². The summed E-state index contributed by atoms with van der Waals surface area (Å²) in [5.41, 5.74) is 6.09. The molecule has 0 radical (unpaired) electrons. The number of rotatable bonds is 6. The Labute approximate surface area is 109 Å². The van der Waals surface area contributed by atoms with Crippen molar-refractivity contribution in [2.45, 2.75) is 65.2 Å². The van der Waals surface area contributed by atoms with Crippen molar-refractivity contribution in [1.82, 2.24) is 0 Å². The molecule has 2 atom stereocenters. The Bertz CT molecular complexity index is 346. The SMILES string of the molecule is CCC(N)C(OC(C)(C)CC)c1ccc(C)s1. The van der Waals surface area contributed by atoms with Crippen molar-refractivity contribution < 1.29 is 4.74 Å². The van der Waals surface area contributed by atoms with Gasteiger partial charge in [-0.05, 0) is 45.7 Å². The Kier molecular flexibility index (Phi) is 5.17. The van der Waals surface area contributed by atoms with Crippen molar-refractivity contribution >= 4 is 11.3 Å². The molecule has 1 rings (SSSR count). The predicted octanol–water partition coefficient (Wildman–Crippen LogP) is 4.04. The first-order valence-electron chi connectivity index (χ1n) is 6.39. The van der Waals surface area contributed by atoms with Gasteiger partial charge in [0.25, 0.3) is 0 Å². The molecule has 1 aromatic rings. The van der Waals surface area contributed by atoms with E-state index >= 15 is 0 Å². The molecule has 0 saturated heterocycles. The fourth-order valence-electron chi connectivity index (χ4n) is 1.60. The number of nitrogens with two attached hydrogens (primary N) is 1. The number of thiophene rings is 1. The molecule has 17 heavy (non-hydrogen) atoms. The molecule has 0 aliphatic heterocycles. The third-order valence-corrected chi connectivity index (χ3v) is 4.26. The second kappa shape index (κ2) is 5.98. The molecule has 1 aromatic heterocycles. The molecule has 0 aliphatic carbocycles. The normalized spacial score (nSPS) is 15.9. The minimum atomic E-state index is -0.116. The van der Waals surface area contributed by atoms with Gasteiger partial charge in [0.15, 0.2) is 0 Å². The van der Waals surface area contributed by atoms with Gasteiger partial charge in [-0.1, -0.05) is 13.8 Å². The van der Waals surface area contributed by atoms with Crippen molar-refractivity contribution in [2.24, 2.45) is 5.73 Å². The van der Waals surface area contributed by atoms with Crippen molar-refractivity contribution in [2.75, 3.05) is 0 Å². The van der Waals surface area contributed by atoms with E-state index in [2.05, 4.69) is 46.8 Å². The number of ether oxygens (including phenoxy) is 1. The first kappa shape index (κ1) is 14.7. The summed E-state index contributed by atoms with van der Waals surface area (Å²) in [6, 6.07) is 4.35. The predicted molar refractivity (Wildman–Crippen MR) is 75.5 cm³/mol. The maximum atomic E-state index is 6.22. The van der Waals surface area contributed by atoms with Crippen molar-refractivity contribution in [3.8, 4) is 0 Å². The molecule has 0 bridgehead atoms. The van der Waals surface area contributed by atoms with Gasteiger partial charge in [-0.25, -0.2) is 0 Å². The fraction of sp³-hybridized carbons (Fsp3) is 0.714. The maximum Gasteiger partial charge on any atom is 0.107 e. The lowest BCUT2D eigenvalue weighted by molar-refractivity contribution is -0.0843. The molecule has 0 fully saturated rings. The van der Waals surface area contributed by atoms with E-state index in [0.29, 0.717) is 0 Å². The zero-order valence-electron chi connectivity index (χ0n) is 11.6. The average Bonchev–Trinajstić information content (AvgIpc) is 2.71. The lowest BCUT2D eigenvalue weighted by Gasteiger charge is -2.32. The van der Waals surface area contributed by atoms with E-state index in [9.17, 15) is 0 Å². The molecule has 2 nitrogen and oxygen atoms in total. The summed E-state index contributed by atoms with van der Waals surface area (Å²) in [6.07, 6.45) is 1.94. The molecule has 0 saturated carbocycles. The van der Waals surface area contributed by atoms with Crippen LogP contribution in [-0.4, -0.2) is 11.6 Å². The van der Waals surface area contributed by atoms with Crippen LogP contribution in [-0.2, 0) is 4.74 Å². The number of aryl methyl sites for hydroxylation is 1. The summed E-state index contributed by atoms with van der Waals surface area (Å²) < 4.78 is 6.22. The van der Waals surface area contributed by atoms with Crippen LogP contribution in [0.2, 0.25) is 0 Å². The van der Waals surface area contributed by atoms with E-state index in [4.69, 9.17) is 10.5 Å². The van der Waals surface area contributed by atoms with Crippen molar-refractivity contribution in [3.05, 3.63) is 21.9 Å². The van der Waals surface area contributed by atoms with E-state index in [1.807, 2.05) is 0 Å². The van der Waals surface area contributed by atoms with Crippen LogP contribution in [0.3, 0.4) is 0 Å². The van der Waals surface area contributed by atoms with E-state index in [1.54, 1.807) is 11.3 Å². The number of hydrogen-bond donors (Lipinski definition) is 1. The van der Waals surface area contributed by atoms with Crippen molar-refractivity contribution in [1.29, 1.82) is 0 Å². The summed E-state index contributed by atoms with van der Waals surface area (Å²) in [7, 11) is 0. The molecule has 1 heterocycles. The largest absolute Gasteiger partial charge is 0.365 e. The van der Waals surface area contributed by atoms with E-state index in [0.717, 1.165) is 12.8 Å². The minimum absolute atomic E-state index is 0.0219. The molecule has 2 unspecified atom stereocenters. The van der Waals surface area contributed by atoms with Gasteiger partial charge in [-0.2, -0.15) is 0 Å². The van der Waals surface area contributed by atoms with Gasteiger partial charge in [0.05, 0.1) is 5.60 Å². The van der Waals surface area contributed by atoms with Crippen LogP contribution in [0, 0.1) is 6.92 Å². The van der Waals surface area contributed by atoms with Gasteiger partial charge in [-0.15, -0.1) is 11.3 Å². The lowest BCUT2D eigenvalue weighted by atomic mass is 10.0. The fourth-order valence-corrected chi connectivity index (χ4v) is 2.59. The molecule has 3 heteroatoms. The summed E-state index contributed by atoms with van der Waals surface area (Å²) in [5.74, 6) is 0. The Morgan fingerprint density at radius 1 is 1.35 bits per heavy atom. The van der Waals surface area contributed by atoms with Gasteiger partial charge >= 0.3 is 0 Å². The smallest absolute Gasteiger partial charge is 0.107 e. The monoisotopic (exact) mass is 255 g/mol. The molecule has 0 amide bonds. The molecular formula is C14H25NOS. The first-order chi connectivity index (χ1) is 7.89. The Balaban J connectivity index is 2.89. The standard InChI is InChI=1S/C14H25NOS/c1-6-11(15)13(16-14(4,5)7-2)12-9-8-10(3)17-12/h8-9,11,13H,6-7,15H2,1-5H3. The quantitative estimate of drug-likeness (QED) is 0.832. The highest BCUT2D eigenvalue weighted by Crippen LogP contribution is 2.33. The molecule has 0 aromatic carbocycles. The first-order valence-corrected chi connectivity index (χ1v) is 7.21. The van der Waals surface area contributed by atoms with Gasteiger partial charge in [0.1, 0.15) is 6.10 Å². The van der Waals surface area contributed by atoms with E-state index < -0.39 is 0 Å². The van der Waals surface area contributed by atoms with Gasteiger partial charge in [0.2, 0.25) is 0 Å². The second-order valence-electron chi connectivity index (χ2n) is 5.17. The zero-order chi connectivity index (χ0) is 13.1. The highest BCUT2D eigenvalue weighted by Gasteiger charge is 2.27. The third-order valence-electron chi connectivity index (χ3n) is 3.20. The summed E-state index contributed by atoms with van der Waals surface area (Å²) >= 11 is 1.79. The van der Waals surface area contributed by atoms with Crippen LogP contribution in [0.1, 0.15) is 56.4 Å². The summed E-state index contributed by atoms with van der Waals surface area (Å²) in [5, 5.41) is 0. The van der Waals surface area contributed by atoms with E-state index in [-0.39, 0.29) is 17.7 Å². The van der Waals surface area contributed by atoms with Gasteiger partial charge in [0, 0.05) is 15.8 Å². The van der Waals surface area contributed by atoms with Crippen LogP contribution in [0.25, 0.3) is 0 Å². The summed E-state index contributed by atoms with van der Waals surface area (Å²) in [6.45, 7) is 10.6. The van der Waals surface area contributed by atoms with Crippen LogP contribution in [0.15, 0.2) is 12.1 Å². The van der Waals surface area contributed by atoms with Crippen LogP contribution >= 0.6 is 11.3 Å². The Morgan fingerprint density at radius 2 is 2.00 bits per heavy atom. The van der Waals surface area contributed by atoms with Crippen LogP contribution < -0.4 is 5.73 Å². The zero-order valence-corrected chi connectivity index (χ0v) is 12.4. The van der Waals surface area contributed by atoms with Gasteiger partial charge < -0.3 is 10.5 Å². The third kappa shape index (κ3) is 4.09. The second-order valence-corrected chi connectivity index (χ2v) is 6.49. The Hall–Kier alpha value is -0.380. The van der Waals surface area contributed by atoms with Crippen LogP contribution in [0.4, 0.5) is 0 Å².